The number of benzene rings is 1. The van der Waals surface area contributed by atoms with E-state index in [2.05, 4.69) is 36.7 Å². The van der Waals surface area contributed by atoms with E-state index in [-0.39, 0.29) is 5.41 Å². The predicted octanol–water partition coefficient (Wildman–Crippen LogP) is 3.20. The summed E-state index contributed by atoms with van der Waals surface area (Å²) in [5, 5.41) is 0. The minimum atomic E-state index is 0.0975. The largest absolute Gasteiger partial charge is 0.285 e. The molecule has 0 spiro atoms. The number of carbonyl (C=O) groups excluding carboxylic acids is 1. The van der Waals surface area contributed by atoms with Gasteiger partial charge in [0.1, 0.15) is 0 Å². The van der Waals surface area contributed by atoms with Gasteiger partial charge in [-0.3, -0.25) is 4.79 Å². The van der Waals surface area contributed by atoms with Gasteiger partial charge in [-0.1, -0.05) is 48.8 Å². The van der Waals surface area contributed by atoms with Crippen molar-refractivity contribution in [1.82, 2.24) is 0 Å². The highest BCUT2D eigenvalue weighted by molar-refractivity contribution is 9.10. The molecule has 0 bridgehead atoms. The molecule has 0 N–H and O–H groups in total. The topological polar surface area (TPSA) is 17.1 Å². The molecule has 1 nitrogen and oxygen atoms in total. The van der Waals surface area contributed by atoms with Gasteiger partial charge in [-0.2, -0.15) is 0 Å². The zero-order valence-corrected chi connectivity index (χ0v) is 9.60. The van der Waals surface area contributed by atoms with Crippen molar-refractivity contribution in [3.05, 3.63) is 33.8 Å². The van der Waals surface area contributed by atoms with E-state index in [1.807, 2.05) is 12.4 Å². The van der Waals surface area contributed by atoms with Gasteiger partial charge in [0.15, 0.2) is 0 Å². The Morgan fingerprint density at radius 1 is 1.31 bits per heavy atom. The van der Waals surface area contributed by atoms with E-state index in [9.17, 15) is 4.79 Å². The van der Waals surface area contributed by atoms with Gasteiger partial charge in [-0.25, -0.2) is 0 Å². The first-order valence-electron chi connectivity index (χ1n) is 4.13. The second kappa shape index (κ2) is 3.62. The lowest BCUT2D eigenvalue weighted by Gasteiger charge is -2.20. The highest BCUT2D eigenvalue weighted by Crippen LogP contribution is 2.29. The number of halogens is 1. The van der Waals surface area contributed by atoms with Crippen LogP contribution >= 0.6 is 15.9 Å². The molecule has 2 heteroatoms. The zero-order chi connectivity index (χ0) is 10.1. The van der Waals surface area contributed by atoms with Crippen LogP contribution in [0.4, 0.5) is 0 Å². The van der Waals surface area contributed by atoms with Crippen LogP contribution in [-0.2, 0) is 10.2 Å². The van der Waals surface area contributed by atoms with Gasteiger partial charge >= 0.3 is 0 Å². The summed E-state index contributed by atoms with van der Waals surface area (Å²) in [7, 11) is 0. The van der Waals surface area contributed by atoms with Crippen molar-refractivity contribution in [2.75, 3.05) is 0 Å². The maximum Gasteiger partial charge on any atom is 0.233 e. The van der Waals surface area contributed by atoms with Crippen molar-refractivity contribution in [2.45, 2.75) is 26.2 Å². The van der Waals surface area contributed by atoms with E-state index in [1.165, 1.54) is 5.56 Å². The van der Waals surface area contributed by atoms with E-state index in [4.69, 9.17) is 0 Å². The number of hydrogen-bond acceptors (Lipinski definition) is 1. The fourth-order valence-electron chi connectivity index (χ4n) is 1.19. The molecule has 0 atom stereocenters. The molecule has 0 amide bonds. The van der Waals surface area contributed by atoms with E-state index in [0.717, 1.165) is 4.47 Å². The van der Waals surface area contributed by atoms with E-state index in [0.29, 0.717) is 5.56 Å². The summed E-state index contributed by atoms with van der Waals surface area (Å²) in [4.78, 5) is 10.4. The second-order valence-electron chi connectivity index (χ2n) is 4.05. The summed E-state index contributed by atoms with van der Waals surface area (Å²) in [6, 6.07) is 5.55. The van der Waals surface area contributed by atoms with Crippen molar-refractivity contribution in [3.63, 3.8) is 0 Å². The Morgan fingerprint density at radius 2 is 1.92 bits per heavy atom. The fraction of sp³-hybridized carbons (Fsp3) is 0.364. The first kappa shape index (κ1) is 10.5. The van der Waals surface area contributed by atoms with Crippen LogP contribution in [0.1, 0.15) is 31.9 Å². The molecule has 0 fully saturated rings. The SMILES string of the molecule is CC(C)(C)c1ccc([C]=O)cc1Br. The molecule has 0 aliphatic rings. The van der Waals surface area contributed by atoms with Crippen molar-refractivity contribution in [3.8, 4) is 0 Å². The average Bonchev–Trinajstić information content (AvgIpc) is 2.01. The molecule has 0 aromatic heterocycles. The van der Waals surface area contributed by atoms with E-state index >= 15 is 0 Å². The van der Waals surface area contributed by atoms with Gasteiger partial charge < -0.3 is 0 Å². The van der Waals surface area contributed by atoms with Gasteiger partial charge in [-0.05, 0) is 17.0 Å². The molecule has 1 aromatic carbocycles. The highest BCUT2D eigenvalue weighted by atomic mass is 79.9. The third kappa shape index (κ3) is 2.41. The van der Waals surface area contributed by atoms with E-state index in [1.54, 1.807) is 12.1 Å². The van der Waals surface area contributed by atoms with Gasteiger partial charge in [0, 0.05) is 10.0 Å². The van der Waals surface area contributed by atoms with Crippen LogP contribution in [0.3, 0.4) is 0 Å². The number of rotatable bonds is 1. The van der Waals surface area contributed by atoms with Crippen molar-refractivity contribution in [1.29, 1.82) is 0 Å². The normalized spacial score (nSPS) is 11.4. The third-order valence-corrected chi connectivity index (χ3v) is 2.55. The Balaban J connectivity index is 3.20. The Labute approximate surface area is 87.3 Å². The van der Waals surface area contributed by atoms with Gasteiger partial charge in [0.2, 0.25) is 6.29 Å². The van der Waals surface area contributed by atoms with Gasteiger partial charge in [0.25, 0.3) is 0 Å². The van der Waals surface area contributed by atoms with Crippen LogP contribution < -0.4 is 0 Å². The molecule has 13 heavy (non-hydrogen) atoms. The monoisotopic (exact) mass is 239 g/mol. The molecule has 1 rings (SSSR count). The van der Waals surface area contributed by atoms with Gasteiger partial charge in [-0.15, -0.1) is 0 Å². The first-order valence-corrected chi connectivity index (χ1v) is 4.92. The van der Waals surface area contributed by atoms with Crippen molar-refractivity contribution < 1.29 is 4.79 Å². The minimum Gasteiger partial charge on any atom is -0.285 e. The van der Waals surface area contributed by atoms with Crippen LogP contribution in [-0.4, -0.2) is 6.29 Å². The molecule has 0 saturated carbocycles. The van der Waals surface area contributed by atoms with Crippen LogP contribution in [0, 0.1) is 0 Å². The molecule has 0 saturated heterocycles. The summed E-state index contributed by atoms with van der Waals surface area (Å²) in [5.74, 6) is 0. The predicted molar refractivity (Wildman–Crippen MR) is 57.6 cm³/mol. The summed E-state index contributed by atoms with van der Waals surface area (Å²) >= 11 is 3.44. The van der Waals surface area contributed by atoms with Crippen LogP contribution in [0.15, 0.2) is 22.7 Å². The summed E-state index contributed by atoms with van der Waals surface area (Å²) in [6.07, 6.45) is 1.87. The lowest BCUT2D eigenvalue weighted by Crippen LogP contribution is -2.11. The fourth-order valence-corrected chi connectivity index (χ4v) is 2.16. The van der Waals surface area contributed by atoms with Crippen LogP contribution in [0.25, 0.3) is 0 Å². The molecule has 1 aromatic rings. The summed E-state index contributed by atoms with van der Waals surface area (Å²) in [5.41, 5.74) is 1.88. The smallest absolute Gasteiger partial charge is 0.233 e. The lowest BCUT2D eigenvalue weighted by atomic mass is 9.87. The summed E-state index contributed by atoms with van der Waals surface area (Å²) < 4.78 is 0.973. The molecule has 0 unspecified atom stereocenters. The molecule has 1 radical (unpaired) electrons. The number of hydrogen-bond donors (Lipinski definition) is 0. The van der Waals surface area contributed by atoms with Gasteiger partial charge in [0.05, 0.1) is 0 Å². The second-order valence-corrected chi connectivity index (χ2v) is 4.90. The lowest BCUT2D eigenvalue weighted by molar-refractivity contribution is 0.562. The highest BCUT2D eigenvalue weighted by Gasteiger charge is 2.16. The molecular weight excluding hydrogens is 228 g/mol. The standard InChI is InChI=1S/C11H12BrO/c1-11(2,3)9-5-4-8(7-13)6-10(9)12/h4-6H,1-3H3. The van der Waals surface area contributed by atoms with E-state index < -0.39 is 0 Å². The molecule has 69 valence electrons. The summed E-state index contributed by atoms with van der Waals surface area (Å²) in [6.45, 7) is 6.41. The average molecular weight is 240 g/mol. The maximum absolute atomic E-state index is 10.4. The Kier molecular flexibility index (Phi) is 2.91. The maximum atomic E-state index is 10.4. The Hall–Kier alpha value is -0.630. The minimum absolute atomic E-state index is 0.0975. The van der Waals surface area contributed by atoms with Crippen LogP contribution in [0.5, 0.6) is 0 Å². The molecule has 0 heterocycles. The Bertz CT molecular complexity index is 323. The molecular formula is C11H12BrO. The van der Waals surface area contributed by atoms with Crippen molar-refractivity contribution >= 4 is 22.2 Å². The molecule has 0 aliphatic carbocycles. The van der Waals surface area contributed by atoms with Crippen LogP contribution in [0.2, 0.25) is 0 Å². The molecule has 0 aliphatic heterocycles. The first-order chi connectivity index (χ1) is 5.95. The van der Waals surface area contributed by atoms with Crippen molar-refractivity contribution in [2.24, 2.45) is 0 Å². The quantitative estimate of drug-likeness (QED) is 0.736. The Morgan fingerprint density at radius 3 is 2.31 bits per heavy atom. The zero-order valence-electron chi connectivity index (χ0n) is 8.02. The third-order valence-electron chi connectivity index (χ3n) is 1.89.